The SMILES string of the molecule is CC(C)=O.CCc1ccc(C)cc1. The van der Waals surface area contributed by atoms with Gasteiger partial charge >= 0.3 is 0 Å². The van der Waals surface area contributed by atoms with E-state index in [4.69, 9.17) is 0 Å². The highest BCUT2D eigenvalue weighted by atomic mass is 16.1. The van der Waals surface area contributed by atoms with Crippen LogP contribution in [-0.2, 0) is 11.2 Å². The Hall–Kier alpha value is -1.11. The molecule has 0 heterocycles. The molecular weight excluding hydrogens is 160 g/mol. The van der Waals surface area contributed by atoms with Crippen molar-refractivity contribution in [1.29, 1.82) is 0 Å². The summed E-state index contributed by atoms with van der Waals surface area (Å²) in [5, 5.41) is 0. The lowest BCUT2D eigenvalue weighted by molar-refractivity contribution is -0.114. The van der Waals surface area contributed by atoms with E-state index in [1.807, 2.05) is 0 Å². The van der Waals surface area contributed by atoms with E-state index in [0.29, 0.717) is 0 Å². The summed E-state index contributed by atoms with van der Waals surface area (Å²) in [5.74, 6) is 0.167. The van der Waals surface area contributed by atoms with Crippen LogP contribution in [0.4, 0.5) is 0 Å². The van der Waals surface area contributed by atoms with Crippen LogP contribution in [0.15, 0.2) is 24.3 Å². The van der Waals surface area contributed by atoms with Gasteiger partial charge in [0, 0.05) is 0 Å². The molecule has 0 fully saturated rings. The van der Waals surface area contributed by atoms with Gasteiger partial charge in [0.15, 0.2) is 0 Å². The van der Waals surface area contributed by atoms with Crippen LogP contribution in [0.1, 0.15) is 31.9 Å². The Labute approximate surface area is 80.8 Å². The van der Waals surface area contributed by atoms with Gasteiger partial charge in [-0.15, -0.1) is 0 Å². The Morgan fingerprint density at radius 2 is 1.54 bits per heavy atom. The van der Waals surface area contributed by atoms with Crippen molar-refractivity contribution in [2.75, 3.05) is 0 Å². The monoisotopic (exact) mass is 178 g/mol. The van der Waals surface area contributed by atoms with E-state index in [2.05, 4.69) is 38.1 Å². The van der Waals surface area contributed by atoms with Gasteiger partial charge in [0.25, 0.3) is 0 Å². The van der Waals surface area contributed by atoms with Crippen LogP contribution in [0, 0.1) is 6.92 Å². The minimum Gasteiger partial charge on any atom is -0.300 e. The number of hydrogen-bond donors (Lipinski definition) is 0. The maximum absolute atomic E-state index is 9.44. The van der Waals surface area contributed by atoms with Gasteiger partial charge in [-0.3, -0.25) is 0 Å². The highest BCUT2D eigenvalue weighted by molar-refractivity contribution is 5.72. The van der Waals surface area contributed by atoms with Gasteiger partial charge in [-0.05, 0) is 32.8 Å². The molecule has 1 aromatic rings. The summed E-state index contributed by atoms with van der Waals surface area (Å²) in [4.78, 5) is 9.44. The molecule has 0 spiro atoms. The molecule has 1 rings (SSSR count). The first kappa shape index (κ1) is 11.9. The molecule has 0 aromatic heterocycles. The normalized spacial score (nSPS) is 8.62. The predicted molar refractivity (Wildman–Crippen MR) is 56.9 cm³/mol. The zero-order valence-electron chi connectivity index (χ0n) is 8.92. The van der Waals surface area contributed by atoms with Crippen LogP contribution in [0.3, 0.4) is 0 Å². The highest BCUT2D eigenvalue weighted by Gasteiger charge is 1.84. The molecule has 1 nitrogen and oxygen atoms in total. The fraction of sp³-hybridized carbons (Fsp3) is 0.417. The number of hydrogen-bond acceptors (Lipinski definition) is 1. The van der Waals surface area contributed by atoms with Crippen LogP contribution >= 0.6 is 0 Å². The molecule has 0 aliphatic heterocycles. The minimum absolute atomic E-state index is 0.167. The number of carbonyl (C=O) groups is 1. The maximum atomic E-state index is 9.44. The van der Waals surface area contributed by atoms with Crippen LogP contribution < -0.4 is 0 Å². The molecule has 0 unspecified atom stereocenters. The average molecular weight is 178 g/mol. The summed E-state index contributed by atoms with van der Waals surface area (Å²) in [6.07, 6.45) is 1.14. The molecule has 0 saturated heterocycles. The van der Waals surface area contributed by atoms with Crippen LogP contribution in [0.25, 0.3) is 0 Å². The van der Waals surface area contributed by atoms with Gasteiger partial charge in [0.05, 0.1) is 0 Å². The molecule has 0 aliphatic rings. The highest BCUT2D eigenvalue weighted by Crippen LogP contribution is 2.02. The number of rotatable bonds is 1. The number of carbonyl (C=O) groups excluding carboxylic acids is 1. The summed E-state index contributed by atoms with van der Waals surface area (Å²) >= 11 is 0. The topological polar surface area (TPSA) is 17.1 Å². The van der Waals surface area contributed by atoms with Crippen molar-refractivity contribution in [1.82, 2.24) is 0 Å². The molecule has 72 valence electrons. The fourth-order valence-electron chi connectivity index (χ4n) is 0.824. The smallest absolute Gasteiger partial charge is 0.126 e. The molecule has 0 bridgehead atoms. The molecule has 0 radical (unpaired) electrons. The third-order valence-corrected chi connectivity index (χ3v) is 1.53. The lowest BCUT2D eigenvalue weighted by Gasteiger charge is -1.94. The van der Waals surface area contributed by atoms with Crippen molar-refractivity contribution < 1.29 is 4.79 Å². The van der Waals surface area contributed by atoms with Gasteiger partial charge in [0.1, 0.15) is 5.78 Å². The van der Waals surface area contributed by atoms with E-state index in [9.17, 15) is 4.79 Å². The summed E-state index contributed by atoms with van der Waals surface area (Å²) in [6, 6.07) is 8.66. The van der Waals surface area contributed by atoms with Gasteiger partial charge < -0.3 is 4.79 Å². The Morgan fingerprint density at radius 3 is 1.85 bits per heavy atom. The van der Waals surface area contributed by atoms with Crippen molar-refractivity contribution in [3.63, 3.8) is 0 Å². The van der Waals surface area contributed by atoms with Gasteiger partial charge in [-0.2, -0.15) is 0 Å². The van der Waals surface area contributed by atoms with Gasteiger partial charge in [0.2, 0.25) is 0 Å². The molecule has 1 aromatic carbocycles. The molecule has 0 saturated carbocycles. The lowest BCUT2D eigenvalue weighted by Crippen LogP contribution is -1.77. The molecule has 13 heavy (non-hydrogen) atoms. The van der Waals surface area contributed by atoms with Crippen LogP contribution in [-0.4, -0.2) is 5.78 Å². The maximum Gasteiger partial charge on any atom is 0.126 e. The van der Waals surface area contributed by atoms with E-state index in [0.717, 1.165) is 6.42 Å². The first-order chi connectivity index (χ1) is 6.06. The Bertz CT molecular complexity index is 242. The second-order valence-corrected chi connectivity index (χ2v) is 3.25. The summed E-state index contributed by atoms with van der Waals surface area (Å²) in [5.41, 5.74) is 2.76. The average Bonchev–Trinajstić information content (AvgIpc) is 2.05. The first-order valence-corrected chi connectivity index (χ1v) is 4.59. The zero-order chi connectivity index (χ0) is 10.3. The van der Waals surface area contributed by atoms with Crippen LogP contribution in [0.2, 0.25) is 0 Å². The predicted octanol–water partition coefficient (Wildman–Crippen LogP) is 3.15. The van der Waals surface area contributed by atoms with E-state index in [1.54, 1.807) is 0 Å². The molecule has 0 atom stereocenters. The quantitative estimate of drug-likeness (QED) is 0.645. The van der Waals surface area contributed by atoms with Crippen molar-refractivity contribution in [2.45, 2.75) is 34.1 Å². The molecule has 0 N–H and O–H groups in total. The van der Waals surface area contributed by atoms with Crippen molar-refractivity contribution >= 4 is 5.78 Å². The standard InChI is InChI=1S/C9H12.C3H6O/c1-3-9-6-4-8(2)5-7-9;1-3(2)4/h4-7H,3H2,1-2H3;1-2H3. The van der Waals surface area contributed by atoms with E-state index >= 15 is 0 Å². The lowest BCUT2D eigenvalue weighted by atomic mass is 10.1. The second-order valence-electron chi connectivity index (χ2n) is 3.25. The third kappa shape index (κ3) is 7.26. The number of Topliss-reactive ketones (excluding diaryl/α,β-unsaturated/α-hetero) is 1. The zero-order valence-corrected chi connectivity index (χ0v) is 8.92. The Balaban J connectivity index is 0.000000310. The molecule has 0 aliphatic carbocycles. The molecular formula is C12H18O. The summed E-state index contributed by atoms with van der Waals surface area (Å²) < 4.78 is 0. The van der Waals surface area contributed by atoms with Gasteiger partial charge in [-0.1, -0.05) is 36.8 Å². The minimum atomic E-state index is 0.167. The van der Waals surface area contributed by atoms with Crippen molar-refractivity contribution in [3.8, 4) is 0 Å². The van der Waals surface area contributed by atoms with E-state index in [1.165, 1.54) is 25.0 Å². The third-order valence-electron chi connectivity index (χ3n) is 1.53. The van der Waals surface area contributed by atoms with E-state index < -0.39 is 0 Å². The second kappa shape index (κ2) is 6.41. The van der Waals surface area contributed by atoms with Gasteiger partial charge in [-0.25, -0.2) is 0 Å². The number of aryl methyl sites for hydroxylation is 2. The van der Waals surface area contributed by atoms with Crippen molar-refractivity contribution in [3.05, 3.63) is 35.4 Å². The Kier molecular flexibility index (Phi) is 5.86. The first-order valence-electron chi connectivity index (χ1n) is 4.59. The molecule has 1 heteroatoms. The number of benzene rings is 1. The fourth-order valence-corrected chi connectivity index (χ4v) is 0.824. The number of ketones is 1. The molecule has 0 amide bonds. The van der Waals surface area contributed by atoms with Crippen LogP contribution in [0.5, 0.6) is 0 Å². The van der Waals surface area contributed by atoms with E-state index in [-0.39, 0.29) is 5.78 Å². The summed E-state index contributed by atoms with van der Waals surface area (Å²) in [6.45, 7) is 7.34. The van der Waals surface area contributed by atoms with Crippen molar-refractivity contribution in [2.24, 2.45) is 0 Å². The Morgan fingerprint density at radius 1 is 1.15 bits per heavy atom. The summed E-state index contributed by atoms with van der Waals surface area (Å²) in [7, 11) is 0. The largest absolute Gasteiger partial charge is 0.300 e.